The second kappa shape index (κ2) is 8.60. The summed E-state index contributed by atoms with van der Waals surface area (Å²) in [6.07, 6.45) is 0.302. The van der Waals surface area contributed by atoms with Crippen molar-refractivity contribution in [1.29, 1.82) is 0 Å². The number of ether oxygens (including phenoxy) is 1. The number of anilines is 1. The Morgan fingerprint density at radius 3 is 2.50 bits per heavy atom. The number of carbonyl (C=O) groups is 2. The van der Waals surface area contributed by atoms with Crippen LogP contribution >= 0.6 is 21.6 Å². The molecule has 4 nitrogen and oxygen atoms in total. The number of Topliss-reactive ketones (excluding diaryl/α,β-unsaturated/α-hetero) is 1. The van der Waals surface area contributed by atoms with E-state index < -0.39 is 0 Å². The number of methoxy groups -OCH3 is 1. The standard InChI is InChI=1S/C16H23NO3S2/c1-11(18)9-12-13(17-15(19)10-20-5)7-6-8-14(12)21-22-16(2,3)4/h6-8H,9-10H2,1-5H3,(H,17,19). The van der Waals surface area contributed by atoms with Crippen LogP contribution in [0.2, 0.25) is 0 Å². The van der Waals surface area contributed by atoms with Gasteiger partial charge in [-0.05, 0) is 24.6 Å². The van der Waals surface area contributed by atoms with Crippen LogP contribution in [0.4, 0.5) is 5.69 Å². The third-order valence-electron chi connectivity index (χ3n) is 2.49. The molecule has 1 aromatic rings. The first-order valence-corrected chi connectivity index (χ1v) is 9.13. The van der Waals surface area contributed by atoms with Crippen molar-refractivity contribution < 1.29 is 14.3 Å². The number of hydrogen-bond donors (Lipinski definition) is 1. The van der Waals surface area contributed by atoms with Crippen LogP contribution in [0.15, 0.2) is 23.1 Å². The maximum Gasteiger partial charge on any atom is 0.250 e. The smallest absolute Gasteiger partial charge is 0.250 e. The molecular formula is C16H23NO3S2. The molecule has 0 unspecified atom stereocenters. The summed E-state index contributed by atoms with van der Waals surface area (Å²) >= 11 is 0. The van der Waals surface area contributed by atoms with Gasteiger partial charge >= 0.3 is 0 Å². The predicted octanol–water partition coefficient (Wildman–Crippen LogP) is 3.94. The van der Waals surface area contributed by atoms with Gasteiger partial charge in [0.2, 0.25) is 5.91 Å². The normalized spacial score (nSPS) is 11.3. The lowest BCUT2D eigenvalue weighted by Crippen LogP contribution is -2.18. The molecule has 0 saturated carbocycles. The number of nitrogens with one attached hydrogen (secondary N) is 1. The van der Waals surface area contributed by atoms with Crippen LogP contribution in [0.5, 0.6) is 0 Å². The minimum absolute atomic E-state index is 0.00633. The van der Waals surface area contributed by atoms with Crippen LogP contribution < -0.4 is 5.32 Å². The van der Waals surface area contributed by atoms with Crippen LogP contribution in [0.1, 0.15) is 33.3 Å². The highest BCUT2D eigenvalue weighted by Gasteiger charge is 2.17. The Hall–Kier alpha value is -0.980. The van der Waals surface area contributed by atoms with Gasteiger partial charge in [-0.2, -0.15) is 0 Å². The van der Waals surface area contributed by atoms with Gasteiger partial charge in [0.05, 0.1) is 0 Å². The SMILES string of the molecule is COCC(=O)Nc1cccc(SSC(C)(C)C)c1CC(C)=O. The Kier molecular flexibility index (Phi) is 7.45. The zero-order valence-electron chi connectivity index (χ0n) is 13.7. The molecule has 1 rings (SSSR count). The number of amides is 1. The van der Waals surface area contributed by atoms with Crippen LogP contribution in [0.25, 0.3) is 0 Å². The molecule has 0 bridgehead atoms. The summed E-state index contributed by atoms with van der Waals surface area (Å²) in [7, 11) is 4.84. The molecule has 22 heavy (non-hydrogen) atoms. The first-order valence-electron chi connectivity index (χ1n) is 6.98. The van der Waals surface area contributed by atoms with Gasteiger partial charge in [0.25, 0.3) is 0 Å². The molecule has 0 aliphatic rings. The van der Waals surface area contributed by atoms with Gasteiger partial charge in [-0.3, -0.25) is 9.59 Å². The van der Waals surface area contributed by atoms with Gasteiger partial charge in [-0.1, -0.05) is 48.4 Å². The van der Waals surface area contributed by atoms with Gasteiger partial charge in [0, 0.05) is 28.9 Å². The van der Waals surface area contributed by atoms with Crippen molar-refractivity contribution in [1.82, 2.24) is 0 Å². The predicted molar refractivity (Wildman–Crippen MR) is 94.5 cm³/mol. The highest BCUT2D eigenvalue weighted by molar-refractivity contribution is 8.77. The minimum atomic E-state index is -0.224. The molecule has 1 aromatic carbocycles. The van der Waals surface area contributed by atoms with E-state index in [2.05, 4.69) is 26.1 Å². The molecule has 0 aliphatic heterocycles. The summed E-state index contributed by atoms with van der Waals surface area (Å²) in [5, 5.41) is 2.82. The summed E-state index contributed by atoms with van der Waals surface area (Å²) < 4.78 is 4.94. The fraction of sp³-hybridized carbons (Fsp3) is 0.500. The second-order valence-electron chi connectivity index (χ2n) is 5.92. The summed E-state index contributed by atoms with van der Waals surface area (Å²) in [5.74, 6) is -0.158. The number of hydrogen-bond acceptors (Lipinski definition) is 5. The van der Waals surface area contributed by atoms with Crippen molar-refractivity contribution in [2.75, 3.05) is 19.0 Å². The monoisotopic (exact) mass is 341 g/mol. The Bertz CT molecular complexity index is 539. The second-order valence-corrected chi connectivity index (χ2v) is 8.92. The van der Waals surface area contributed by atoms with Crippen molar-refractivity contribution in [2.45, 2.75) is 43.8 Å². The van der Waals surface area contributed by atoms with E-state index in [-0.39, 0.29) is 23.0 Å². The highest BCUT2D eigenvalue weighted by atomic mass is 33.1. The van der Waals surface area contributed by atoms with Gasteiger partial charge in [-0.15, -0.1) is 0 Å². The molecule has 0 radical (unpaired) electrons. The van der Waals surface area contributed by atoms with E-state index in [1.807, 2.05) is 18.2 Å². The lowest BCUT2D eigenvalue weighted by atomic mass is 10.1. The number of rotatable bonds is 7. The van der Waals surface area contributed by atoms with Crippen LogP contribution in [-0.2, 0) is 20.7 Å². The Morgan fingerprint density at radius 2 is 1.95 bits per heavy atom. The molecule has 0 aromatic heterocycles. The molecule has 0 aliphatic carbocycles. The van der Waals surface area contributed by atoms with E-state index in [0.717, 1.165) is 10.5 Å². The number of carbonyl (C=O) groups excluding carboxylic acids is 2. The van der Waals surface area contributed by atoms with E-state index >= 15 is 0 Å². The zero-order valence-corrected chi connectivity index (χ0v) is 15.3. The van der Waals surface area contributed by atoms with Gasteiger partial charge in [-0.25, -0.2) is 0 Å². The van der Waals surface area contributed by atoms with Crippen molar-refractivity contribution in [2.24, 2.45) is 0 Å². The van der Waals surface area contributed by atoms with E-state index in [1.54, 1.807) is 28.5 Å². The zero-order chi connectivity index (χ0) is 16.8. The topological polar surface area (TPSA) is 55.4 Å². The molecule has 1 N–H and O–H groups in total. The molecule has 0 heterocycles. The average Bonchev–Trinajstić information content (AvgIpc) is 2.38. The van der Waals surface area contributed by atoms with E-state index in [1.165, 1.54) is 7.11 Å². The molecule has 0 fully saturated rings. The fourth-order valence-electron chi connectivity index (χ4n) is 1.68. The van der Waals surface area contributed by atoms with Crippen molar-refractivity contribution in [3.05, 3.63) is 23.8 Å². The highest BCUT2D eigenvalue weighted by Crippen LogP contribution is 2.43. The maximum atomic E-state index is 11.7. The van der Waals surface area contributed by atoms with Crippen molar-refractivity contribution in [3.8, 4) is 0 Å². The summed E-state index contributed by atoms with van der Waals surface area (Å²) in [6.45, 7) is 7.96. The summed E-state index contributed by atoms with van der Waals surface area (Å²) in [4.78, 5) is 24.3. The van der Waals surface area contributed by atoms with Gasteiger partial charge in [0.15, 0.2) is 0 Å². The molecule has 0 atom stereocenters. The third-order valence-corrected chi connectivity index (χ3v) is 5.92. The number of ketones is 1. The average molecular weight is 341 g/mol. The Morgan fingerprint density at radius 1 is 1.27 bits per heavy atom. The van der Waals surface area contributed by atoms with Crippen LogP contribution in [-0.4, -0.2) is 30.2 Å². The van der Waals surface area contributed by atoms with E-state index in [4.69, 9.17) is 4.74 Å². The fourth-order valence-corrected chi connectivity index (χ4v) is 3.92. The minimum Gasteiger partial charge on any atom is -0.375 e. The lowest BCUT2D eigenvalue weighted by Gasteiger charge is -2.19. The van der Waals surface area contributed by atoms with Crippen LogP contribution in [0, 0.1) is 0 Å². The molecule has 122 valence electrons. The molecule has 0 spiro atoms. The summed E-state index contributed by atoms with van der Waals surface area (Å²) in [6, 6.07) is 5.68. The van der Waals surface area contributed by atoms with E-state index in [0.29, 0.717) is 12.1 Å². The summed E-state index contributed by atoms with van der Waals surface area (Å²) in [5.41, 5.74) is 1.54. The molecule has 1 amide bonds. The van der Waals surface area contributed by atoms with Crippen molar-refractivity contribution in [3.63, 3.8) is 0 Å². The Balaban J connectivity index is 3.04. The first kappa shape index (κ1) is 19.1. The molecule has 6 heteroatoms. The molecule has 0 saturated heterocycles. The first-order chi connectivity index (χ1) is 10.2. The number of benzene rings is 1. The Labute approximate surface area is 140 Å². The third kappa shape index (κ3) is 6.85. The largest absolute Gasteiger partial charge is 0.375 e. The lowest BCUT2D eigenvalue weighted by molar-refractivity contribution is -0.120. The van der Waals surface area contributed by atoms with Crippen molar-refractivity contribution >= 4 is 39.0 Å². The quantitative estimate of drug-likeness (QED) is 0.761. The van der Waals surface area contributed by atoms with Gasteiger partial charge < -0.3 is 10.1 Å². The van der Waals surface area contributed by atoms with Gasteiger partial charge in [0.1, 0.15) is 12.4 Å². The van der Waals surface area contributed by atoms with Crippen LogP contribution in [0.3, 0.4) is 0 Å². The molecular weight excluding hydrogens is 318 g/mol. The maximum absolute atomic E-state index is 11.7. The van der Waals surface area contributed by atoms with E-state index in [9.17, 15) is 9.59 Å².